The second kappa shape index (κ2) is 8.08. The molecular formula is C14H29NO. The van der Waals surface area contributed by atoms with Gasteiger partial charge in [0.2, 0.25) is 0 Å². The number of ether oxygens (including phenoxy) is 1. The van der Waals surface area contributed by atoms with Gasteiger partial charge in [0.05, 0.1) is 12.7 Å². The van der Waals surface area contributed by atoms with Crippen LogP contribution in [-0.2, 0) is 4.74 Å². The smallest absolute Gasteiger partial charge is 0.0594 e. The monoisotopic (exact) mass is 227 g/mol. The van der Waals surface area contributed by atoms with Gasteiger partial charge in [-0.15, -0.1) is 0 Å². The van der Waals surface area contributed by atoms with E-state index in [2.05, 4.69) is 26.1 Å². The second-order valence-corrected chi connectivity index (χ2v) is 5.42. The Morgan fingerprint density at radius 3 is 2.31 bits per heavy atom. The summed E-state index contributed by atoms with van der Waals surface area (Å²) in [7, 11) is 0. The minimum absolute atomic E-state index is 0.363. The summed E-state index contributed by atoms with van der Waals surface area (Å²) >= 11 is 0. The van der Waals surface area contributed by atoms with Crippen molar-refractivity contribution in [2.45, 2.75) is 59.0 Å². The average molecular weight is 227 g/mol. The van der Waals surface area contributed by atoms with Crippen molar-refractivity contribution < 1.29 is 4.74 Å². The Morgan fingerprint density at radius 2 is 1.75 bits per heavy atom. The largest absolute Gasteiger partial charge is 0.377 e. The fraction of sp³-hybridized carbons (Fsp3) is 1.00. The Labute approximate surface area is 101 Å². The predicted molar refractivity (Wildman–Crippen MR) is 69.7 cm³/mol. The van der Waals surface area contributed by atoms with Crippen LogP contribution in [0.5, 0.6) is 0 Å². The third-order valence-corrected chi connectivity index (χ3v) is 3.71. The average Bonchev–Trinajstić information content (AvgIpc) is 2.29. The van der Waals surface area contributed by atoms with Gasteiger partial charge in [-0.2, -0.15) is 0 Å². The number of hydrogen-bond donors (Lipinski definition) is 1. The van der Waals surface area contributed by atoms with E-state index in [0.29, 0.717) is 6.10 Å². The summed E-state index contributed by atoms with van der Waals surface area (Å²) < 4.78 is 5.50. The fourth-order valence-electron chi connectivity index (χ4n) is 2.52. The maximum Gasteiger partial charge on any atom is 0.0594 e. The Hall–Kier alpha value is -0.0800. The van der Waals surface area contributed by atoms with Crippen LogP contribution in [0.1, 0.15) is 52.9 Å². The molecule has 1 N–H and O–H groups in total. The van der Waals surface area contributed by atoms with Crippen molar-refractivity contribution in [3.8, 4) is 0 Å². The minimum atomic E-state index is 0.363. The van der Waals surface area contributed by atoms with Gasteiger partial charge in [-0.1, -0.05) is 26.2 Å². The van der Waals surface area contributed by atoms with E-state index in [1.165, 1.54) is 38.6 Å². The van der Waals surface area contributed by atoms with Crippen LogP contribution < -0.4 is 5.32 Å². The lowest BCUT2D eigenvalue weighted by Gasteiger charge is -2.27. The van der Waals surface area contributed by atoms with Crippen molar-refractivity contribution in [2.24, 2.45) is 11.8 Å². The van der Waals surface area contributed by atoms with Crippen molar-refractivity contribution in [3.63, 3.8) is 0 Å². The van der Waals surface area contributed by atoms with E-state index < -0.39 is 0 Å². The Morgan fingerprint density at radius 1 is 1.12 bits per heavy atom. The van der Waals surface area contributed by atoms with E-state index in [1.54, 1.807) is 0 Å². The third kappa shape index (κ3) is 5.86. The third-order valence-electron chi connectivity index (χ3n) is 3.71. The molecule has 1 aliphatic rings. The topological polar surface area (TPSA) is 21.3 Å². The summed E-state index contributed by atoms with van der Waals surface area (Å²) in [4.78, 5) is 0. The molecule has 0 aliphatic heterocycles. The molecule has 0 unspecified atom stereocenters. The molecule has 2 heteroatoms. The lowest BCUT2D eigenvalue weighted by molar-refractivity contribution is 0.0799. The van der Waals surface area contributed by atoms with Gasteiger partial charge in [0, 0.05) is 6.54 Å². The van der Waals surface area contributed by atoms with Crippen LogP contribution in [0, 0.1) is 11.8 Å². The van der Waals surface area contributed by atoms with Gasteiger partial charge in [0.1, 0.15) is 0 Å². The predicted octanol–water partition coefficient (Wildman–Crippen LogP) is 3.22. The molecule has 1 saturated carbocycles. The Bertz CT molecular complexity index is 162. The lowest BCUT2D eigenvalue weighted by Crippen LogP contribution is -2.29. The van der Waals surface area contributed by atoms with Crippen LogP contribution in [0.4, 0.5) is 0 Å². The van der Waals surface area contributed by atoms with Crippen LogP contribution in [-0.4, -0.2) is 25.8 Å². The summed E-state index contributed by atoms with van der Waals surface area (Å²) in [6, 6.07) is 0. The molecule has 0 spiro atoms. The molecule has 1 aliphatic carbocycles. The molecule has 0 saturated heterocycles. The van der Waals surface area contributed by atoms with Gasteiger partial charge in [0.25, 0.3) is 0 Å². The summed E-state index contributed by atoms with van der Waals surface area (Å²) in [6.07, 6.45) is 7.49. The van der Waals surface area contributed by atoms with Crippen molar-refractivity contribution >= 4 is 0 Å². The number of rotatable bonds is 7. The van der Waals surface area contributed by atoms with Crippen LogP contribution in [0.15, 0.2) is 0 Å². The van der Waals surface area contributed by atoms with E-state index in [9.17, 15) is 0 Å². The van der Waals surface area contributed by atoms with Crippen molar-refractivity contribution in [2.75, 3.05) is 19.7 Å². The van der Waals surface area contributed by atoms with E-state index >= 15 is 0 Å². The van der Waals surface area contributed by atoms with E-state index in [4.69, 9.17) is 4.74 Å². The quantitative estimate of drug-likeness (QED) is 0.674. The highest BCUT2D eigenvalue weighted by molar-refractivity contribution is 4.73. The van der Waals surface area contributed by atoms with Crippen molar-refractivity contribution in [1.82, 2.24) is 5.32 Å². The van der Waals surface area contributed by atoms with Gasteiger partial charge >= 0.3 is 0 Å². The first-order chi connectivity index (χ1) is 7.72. The van der Waals surface area contributed by atoms with Gasteiger partial charge in [-0.3, -0.25) is 0 Å². The molecule has 0 aromatic rings. The highest BCUT2D eigenvalue weighted by atomic mass is 16.5. The molecule has 0 amide bonds. The number of hydrogen-bond acceptors (Lipinski definition) is 2. The Balaban J connectivity index is 1.94. The fourth-order valence-corrected chi connectivity index (χ4v) is 2.52. The zero-order valence-corrected chi connectivity index (χ0v) is 11.3. The standard InChI is InChI=1S/C14H29NO/c1-4-13-5-7-14(8-6-13)11-15-9-10-16-12(2)3/h12-15H,4-11H2,1-3H3. The van der Waals surface area contributed by atoms with E-state index in [0.717, 1.165) is 25.0 Å². The molecular weight excluding hydrogens is 198 g/mol. The first-order valence-electron chi connectivity index (χ1n) is 7.04. The van der Waals surface area contributed by atoms with E-state index in [1.807, 2.05) is 0 Å². The number of nitrogens with one attached hydrogen (secondary N) is 1. The summed E-state index contributed by atoms with van der Waals surface area (Å²) in [5.74, 6) is 1.93. The first kappa shape index (κ1) is 14.0. The second-order valence-electron chi connectivity index (χ2n) is 5.42. The molecule has 0 aromatic heterocycles. The lowest BCUT2D eigenvalue weighted by atomic mass is 9.81. The first-order valence-corrected chi connectivity index (χ1v) is 7.04. The zero-order chi connectivity index (χ0) is 11.8. The summed E-state index contributed by atoms with van der Waals surface area (Å²) in [5, 5.41) is 3.52. The van der Waals surface area contributed by atoms with Crippen molar-refractivity contribution in [3.05, 3.63) is 0 Å². The molecule has 0 heterocycles. The molecule has 0 atom stereocenters. The molecule has 0 radical (unpaired) electrons. The maximum atomic E-state index is 5.50. The molecule has 96 valence electrons. The van der Waals surface area contributed by atoms with Crippen molar-refractivity contribution in [1.29, 1.82) is 0 Å². The highest BCUT2D eigenvalue weighted by Crippen LogP contribution is 2.29. The maximum absolute atomic E-state index is 5.50. The molecule has 2 nitrogen and oxygen atoms in total. The normalized spacial score (nSPS) is 26.2. The minimum Gasteiger partial charge on any atom is -0.377 e. The van der Waals surface area contributed by atoms with Crippen LogP contribution in [0.2, 0.25) is 0 Å². The van der Waals surface area contributed by atoms with Gasteiger partial charge < -0.3 is 10.1 Å². The van der Waals surface area contributed by atoms with Gasteiger partial charge in [-0.25, -0.2) is 0 Å². The van der Waals surface area contributed by atoms with Gasteiger partial charge in [0.15, 0.2) is 0 Å². The van der Waals surface area contributed by atoms with Crippen LogP contribution in [0.25, 0.3) is 0 Å². The SMILES string of the molecule is CCC1CCC(CNCCOC(C)C)CC1. The van der Waals surface area contributed by atoms with E-state index in [-0.39, 0.29) is 0 Å². The Kier molecular flexibility index (Phi) is 7.06. The summed E-state index contributed by atoms with van der Waals surface area (Å²) in [5.41, 5.74) is 0. The molecule has 1 rings (SSSR count). The summed E-state index contributed by atoms with van der Waals surface area (Å²) in [6.45, 7) is 9.55. The van der Waals surface area contributed by atoms with Crippen LogP contribution >= 0.6 is 0 Å². The molecule has 1 fully saturated rings. The molecule has 0 aromatic carbocycles. The zero-order valence-electron chi connectivity index (χ0n) is 11.3. The molecule has 16 heavy (non-hydrogen) atoms. The van der Waals surface area contributed by atoms with Gasteiger partial charge in [-0.05, 0) is 45.1 Å². The highest BCUT2D eigenvalue weighted by Gasteiger charge is 2.19. The van der Waals surface area contributed by atoms with Crippen LogP contribution in [0.3, 0.4) is 0 Å². The molecule has 0 bridgehead atoms.